The Morgan fingerprint density at radius 2 is 1.96 bits per heavy atom. The molecule has 2 N–H and O–H groups in total. The van der Waals surface area contributed by atoms with Crippen LogP contribution in [0.5, 0.6) is 0 Å². The van der Waals surface area contributed by atoms with E-state index in [2.05, 4.69) is 36.5 Å². The third-order valence-corrected chi connectivity index (χ3v) is 4.45. The van der Waals surface area contributed by atoms with Crippen molar-refractivity contribution in [3.8, 4) is 0 Å². The molecule has 1 aromatic carbocycles. The number of halogens is 1. The molecule has 0 aliphatic heterocycles. The number of benzene rings is 1. The molecule has 6 nitrogen and oxygen atoms in total. The molecule has 0 saturated carbocycles. The average Bonchev–Trinajstić information content (AvgIpc) is 3.04. The summed E-state index contributed by atoms with van der Waals surface area (Å²) < 4.78 is 0.826. The van der Waals surface area contributed by atoms with Gasteiger partial charge in [0.15, 0.2) is 0 Å². The summed E-state index contributed by atoms with van der Waals surface area (Å²) >= 11 is 4.70. The van der Waals surface area contributed by atoms with Gasteiger partial charge >= 0.3 is 0 Å². The van der Waals surface area contributed by atoms with Gasteiger partial charge in [-0.05, 0) is 53.2 Å². The molecule has 0 bridgehead atoms. The first-order chi connectivity index (χ1) is 12.0. The second kappa shape index (κ2) is 7.54. The van der Waals surface area contributed by atoms with Crippen LogP contribution in [0, 0.1) is 6.92 Å². The number of aromatic nitrogens is 2. The van der Waals surface area contributed by atoms with Gasteiger partial charge in [-0.25, -0.2) is 9.97 Å². The summed E-state index contributed by atoms with van der Waals surface area (Å²) in [6, 6.07) is 10.2. The van der Waals surface area contributed by atoms with Crippen molar-refractivity contribution < 1.29 is 9.59 Å². The van der Waals surface area contributed by atoms with E-state index in [-0.39, 0.29) is 11.8 Å². The van der Waals surface area contributed by atoms with Crippen molar-refractivity contribution in [2.24, 2.45) is 0 Å². The molecule has 8 heteroatoms. The zero-order chi connectivity index (χ0) is 17.8. The lowest BCUT2D eigenvalue weighted by atomic mass is 10.2. The van der Waals surface area contributed by atoms with Crippen LogP contribution in [0.3, 0.4) is 0 Å². The maximum absolute atomic E-state index is 12.3. The molecule has 126 valence electrons. The number of rotatable bonds is 4. The minimum Gasteiger partial charge on any atom is -0.321 e. The number of anilines is 2. The zero-order valence-electron chi connectivity index (χ0n) is 13.1. The smallest absolute Gasteiger partial charge is 0.275 e. The zero-order valence-corrected chi connectivity index (χ0v) is 15.5. The van der Waals surface area contributed by atoms with Crippen LogP contribution in [0.25, 0.3) is 0 Å². The maximum Gasteiger partial charge on any atom is 0.275 e. The minimum atomic E-state index is -0.310. The summed E-state index contributed by atoms with van der Waals surface area (Å²) in [6.45, 7) is 1.84. The van der Waals surface area contributed by atoms with Gasteiger partial charge in [-0.3, -0.25) is 9.59 Å². The van der Waals surface area contributed by atoms with Gasteiger partial charge in [0.1, 0.15) is 11.5 Å². The monoisotopic (exact) mass is 416 g/mol. The van der Waals surface area contributed by atoms with Crippen LogP contribution in [-0.2, 0) is 0 Å². The van der Waals surface area contributed by atoms with E-state index in [1.165, 1.54) is 11.3 Å². The Labute approximate surface area is 156 Å². The highest BCUT2D eigenvalue weighted by atomic mass is 79.9. The molecule has 2 amide bonds. The highest BCUT2D eigenvalue weighted by Crippen LogP contribution is 2.16. The Morgan fingerprint density at radius 3 is 2.64 bits per heavy atom. The summed E-state index contributed by atoms with van der Waals surface area (Å²) in [6.07, 6.45) is 1.60. The molecule has 0 atom stereocenters. The van der Waals surface area contributed by atoms with E-state index in [1.54, 1.807) is 48.0 Å². The van der Waals surface area contributed by atoms with Gasteiger partial charge in [-0.2, -0.15) is 0 Å². The number of nitrogens with one attached hydrogen (secondary N) is 2. The normalized spacial score (nSPS) is 10.3. The highest BCUT2D eigenvalue weighted by molar-refractivity contribution is 9.10. The molecule has 0 unspecified atom stereocenters. The molecular weight excluding hydrogens is 404 g/mol. The fourth-order valence-electron chi connectivity index (χ4n) is 2.04. The van der Waals surface area contributed by atoms with E-state index in [9.17, 15) is 9.59 Å². The van der Waals surface area contributed by atoms with Crippen LogP contribution in [0.4, 0.5) is 11.5 Å². The third kappa shape index (κ3) is 4.49. The molecule has 2 aromatic heterocycles. The molecule has 0 radical (unpaired) electrons. The molecular formula is C17H13BrN4O2S. The third-order valence-electron chi connectivity index (χ3n) is 3.20. The van der Waals surface area contributed by atoms with Crippen molar-refractivity contribution in [1.29, 1.82) is 0 Å². The summed E-state index contributed by atoms with van der Waals surface area (Å²) in [5, 5.41) is 7.96. The van der Waals surface area contributed by atoms with Crippen molar-refractivity contribution in [1.82, 2.24) is 9.97 Å². The molecule has 0 fully saturated rings. The minimum absolute atomic E-state index is 0.309. The SMILES string of the molecule is Cc1nc(C(=O)Nc2cccc(C(=O)Nc3ccc(Br)cn3)c2)cs1. The molecule has 25 heavy (non-hydrogen) atoms. The van der Waals surface area contributed by atoms with Gasteiger partial charge in [-0.15, -0.1) is 11.3 Å². The molecule has 0 aliphatic carbocycles. The highest BCUT2D eigenvalue weighted by Gasteiger charge is 2.12. The number of amides is 2. The van der Waals surface area contributed by atoms with E-state index in [1.807, 2.05) is 6.92 Å². The van der Waals surface area contributed by atoms with Crippen LogP contribution in [-0.4, -0.2) is 21.8 Å². The first kappa shape index (κ1) is 17.2. The Kier molecular flexibility index (Phi) is 5.20. The molecule has 2 heterocycles. The second-order valence-corrected chi connectivity index (χ2v) is 7.08. The van der Waals surface area contributed by atoms with Crippen molar-refractivity contribution >= 4 is 50.6 Å². The van der Waals surface area contributed by atoms with Crippen molar-refractivity contribution in [3.63, 3.8) is 0 Å². The van der Waals surface area contributed by atoms with E-state index in [0.717, 1.165) is 9.48 Å². The summed E-state index contributed by atoms with van der Waals surface area (Å²) in [7, 11) is 0. The van der Waals surface area contributed by atoms with Gasteiger partial charge < -0.3 is 10.6 Å². The quantitative estimate of drug-likeness (QED) is 0.669. The Hall–Kier alpha value is -2.58. The molecule has 0 saturated heterocycles. The van der Waals surface area contributed by atoms with E-state index >= 15 is 0 Å². The maximum atomic E-state index is 12.3. The van der Waals surface area contributed by atoms with Crippen LogP contribution in [0.15, 0.2) is 52.4 Å². The average molecular weight is 417 g/mol. The van der Waals surface area contributed by atoms with Crippen LogP contribution < -0.4 is 10.6 Å². The van der Waals surface area contributed by atoms with Crippen molar-refractivity contribution in [3.05, 3.63) is 68.7 Å². The van der Waals surface area contributed by atoms with E-state index in [0.29, 0.717) is 22.8 Å². The van der Waals surface area contributed by atoms with E-state index < -0.39 is 0 Å². The van der Waals surface area contributed by atoms with Gasteiger partial charge in [0.2, 0.25) is 0 Å². The lowest BCUT2D eigenvalue weighted by Gasteiger charge is -2.07. The standard InChI is InChI=1S/C17H13BrN4O2S/c1-10-20-14(9-25-10)17(24)21-13-4-2-3-11(7-13)16(23)22-15-6-5-12(18)8-19-15/h2-9H,1H3,(H,21,24)(H,19,22,23). The fraction of sp³-hybridized carbons (Fsp3) is 0.0588. The first-order valence-electron chi connectivity index (χ1n) is 7.28. The molecule has 3 aromatic rings. The number of hydrogen-bond acceptors (Lipinski definition) is 5. The number of carbonyl (C=O) groups excluding carboxylic acids is 2. The van der Waals surface area contributed by atoms with Gasteiger partial charge in [0.05, 0.1) is 5.01 Å². The summed E-state index contributed by atoms with van der Waals surface area (Å²) in [5.74, 6) is -0.174. The predicted octanol–water partition coefficient (Wildman–Crippen LogP) is 4.11. The number of pyridine rings is 1. The Bertz CT molecular complexity index is 924. The molecule has 0 aliphatic rings. The Balaban J connectivity index is 1.71. The number of thiazole rings is 1. The second-order valence-electron chi connectivity index (χ2n) is 5.10. The lowest BCUT2D eigenvalue weighted by molar-refractivity contribution is 0.101. The van der Waals surface area contributed by atoms with E-state index in [4.69, 9.17) is 0 Å². The van der Waals surface area contributed by atoms with Gasteiger partial charge in [0, 0.05) is 27.3 Å². The van der Waals surface area contributed by atoms with Gasteiger partial charge in [0.25, 0.3) is 11.8 Å². The topological polar surface area (TPSA) is 84.0 Å². The van der Waals surface area contributed by atoms with Crippen molar-refractivity contribution in [2.75, 3.05) is 10.6 Å². The molecule has 3 rings (SSSR count). The van der Waals surface area contributed by atoms with Crippen LogP contribution in [0.2, 0.25) is 0 Å². The number of carbonyl (C=O) groups is 2. The number of hydrogen-bond donors (Lipinski definition) is 2. The number of aryl methyl sites for hydroxylation is 1. The van der Waals surface area contributed by atoms with Crippen LogP contribution in [0.1, 0.15) is 25.9 Å². The van der Waals surface area contributed by atoms with Gasteiger partial charge in [-0.1, -0.05) is 6.07 Å². The predicted molar refractivity (Wildman–Crippen MR) is 101 cm³/mol. The number of nitrogens with zero attached hydrogens (tertiary/aromatic N) is 2. The summed E-state index contributed by atoms with van der Waals surface area (Å²) in [4.78, 5) is 32.7. The largest absolute Gasteiger partial charge is 0.321 e. The Morgan fingerprint density at radius 1 is 1.12 bits per heavy atom. The summed E-state index contributed by atoms with van der Waals surface area (Å²) in [5.41, 5.74) is 1.29. The lowest BCUT2D eigenvalue weighted by Crippen LogP contribution is -2.15. The molecule has 0 spiro atoms. The van der Waals surface area contributed by atoms with Crippen molar-refractivity contribution in [2.45, 2.75) is 6.92 Å². The van der Waals surface area contributed by atoms with Crippen LogP contribution >= 0.6 is 27.3 Å². The first-order valence-corrected chi connectivity index (χ1v) is 8.95. The fourth-order valence-corrected chi connectivity index (χ4v) is 2.87.